The van der Waals surface area contributed by atoms with Crippen molar-refractivity contribution < 1.29 is 18.6 Å². The molecule has 1 aromatic heterocycles. The van der Waals surface area contributed by atoms with Crippen LogP contribution >= 0.6 is 0 Å². The molecule has 0 radical (unpaired) electrons. The zero-order valence-electron chi connectivity index (χ0n) is 21.9. The molecule has 1 aliphatic heterocycles. The number of nitrogens with zero attached hydrogens (tertiary/aromatic N) is 2. The highest BCUT2D eigenvalue weighted by Crippen LogP contribution is 2.45. The largest absolute Gasteiger partial charge is 0.397 e. The fourth-order valence-electron chi connectivity index (χ4n) is 4.03. The molecular formula is C26H34N8O5S. The van der Waals surface area contributed by atoms with Gasteiger partial charge in [0.15, 0.2) is 0 Å². The van der Waals surface area contributed by atoms with Crippen LogP contribution in [-0.2, 0) is 20.6 Å². The van der Waals surface area contributed by atoms with Gasteiger partial charge in [0.2, 0.25) is 5.91 Å². The van der Waals surface area contributed by atoms with Crippen LogP contribution in [0.5, 0.6) is 6.01 Å². The fraction of sp³-hybridized carbons (Fsp3) is 0.385. The normalized spacial score (nSPS) is 23.1. The molecule has 2 amide bonds. The van der Waals surface area contributed by atoms with Crippen LogP contribution in [-0.4, -0.2) is 49.4 Å². The number of nitrogens with two attached hydrogens (primary N) is 2. The summed E-state index contributed by atoms with van der Waals surface area (Å²) in [5.41, 5.74) is 5.35. The summed E-state index contributed by atoms with van der Waals surface area (Å²) in [4.78, 5) is 47.0. The van der Waals surface area contributed by atoms with E-state index >= 15 is 0 Å². The number of hydrogen-bond acceptors (Lipinski definition) is 10. The number of terminal acetylenes is 1. The Morgan fingerprint density at radius 1 is 1.25 bits per heavy atom. The van der Waals surface area contributed by atoms with E-state index in [9.17, 15) is 18.6 Å². The minimum atomic E-state index is -1.33. The molecule has 1 saturated heterocycles. The number of hydrazine groups is 1. The Balaban J connectivity index is 0.000000212. The van der Waals surface area contributed by atoms with Crippen LogP contribution in [0.15, 0.2) is 54.0 Å². The Hall–Kier alpha value is -4.19. The first-order chi connectivity index (χ1) is 19.2. The minimum absolute atomic E-state index is 0.0109. The smallest absolute Gasteiger partial charge is 0.325 e. The lowest BCUT2D eigenvalue weighted by Crippen LogP contribution is -2.54. The Bertz CT molecular complexity index is 1310. The van der Waals surface area contributed by atoms with Crippen LogP contribution in [0.2, 0.25) is 0 Å². The lowest BCUT2D eigenvalue weighted by molar-refractivity contribution is -0.130. The highest BCUT2D eigenvalue weighted by Gasteiger charge is 2.60. The maximum atomic E-state index is 12.4. The molecule has 0 spiro atoms. The molecule has 8 N–H and O–H groups in total. The van der Waals surface area contributed by atoms with Crippen LogP contribution in [0.4, 0.5) is 11.4 Å². The summed E-state index contributed by atoms with van der Waals surface area (Å²) in [6, 6.07) is 7.92. The predicted octanol–water partition coefficient (Wildman–Crippen LogP) is 0.0172. The summed E-state index contributed by atoms with van der Waals surface area (Å²) >= 11 is 0. The topological polar surface area (TPSA) is 198 Å². The molecule has 2 aliphatic carbocycles. The molecule has 13 nitrogen and oxygen atoms in total. The van der Waals surface area contributed by atoms with Crippen molar-refractivity contribution in [1.29, 1.82) is 0 Å². The van der Waals surface area contributed by atoms with E-state index in [4.69, 9.17) is 16.4 Å². The second kappa shape index (κ2) is 13.7. The van der Waals surface area contributed by atoms with Crippen molar-refractivity contribution in [1.82, 2.24) is 25.3 Å². The van der Waals surface area contributed by atoms with Crippen LogP contribution in [0.1, 0.15) is 32.1 Å². The van der Waals surface area contributed by atoms with E-state index in [2.05, 4.69) is 44.7 Å². The maximum absolute atomic E-state index is 12.4. The van der Waals surface area contributed by atoms with E-state index in [0.29, 0.717) is 17.8 Å². The van der Waals surface area contributed by atoms with Gasteiger partial charge in [0.05, 0.1) is 17.0 Å². The summed E-state index contributed by atoms with van der Waals surface area (Å²) in [5, 5.41) is 6.99. The Labute approximate surface area is 234 Å². The Morgan fingerprint density at radius 3 is 2.55 bits per heavy atom. The zero-order chi connectivity index (χ0) is 29.3. The molecule has 40 heavy (non-hydrogen) atoms. The number of rotatable bonds is 9. The van der Waals surface area contributed by atoms with Gasteiger partial charge in [-0.05, 0) is 50.8 Å². The number of aromatic nitrogens is 2. The first kappa shape index (κ1) is 30.4. The predicted molar refractivity (Wildman–Crippen MR) is 152 cm³/mol. The van der Waals surface area contributed by atoms with Crippen molar-refractivity contribution in [2.24, 2.45) is 11.8 Å². The van der Waals surface area contributed by atoms with Crippen molar-refractivity contribution >= 4 is 34.2 Å². The summed E-state index contributed by atoms with van der Waals surface area (Å²) < 4.78 is 14.4. The van der Waals surface area contributed by atoms with Crippen LogP contribution in [0, 0.1) is 18.8 Å². The van der Waals surface area contributed by atoms with E-state index in [-0.39, 0.29) is 40.6 Å². The number of nitrogen functional groups attached to an aromatic ring is 1. The summed E-state index contributed by atoms with van der Waals surface area (Å²) in [6.45, 7) is 4.54. The van der Waals surface area contributed by atoms with Crippen LogP contribution in [0.25, 0.3) is 0 Å². The van der Waals surface area contributed by atoms with Gasteiger partial charge in [-0.1, -0.05) is 18.2 Å². The molecule has 2 aromatic rings. The van der Waals surface area contributed by atoms with Gasteiger partial charge >= 0.3 is 6.01 Å². The van der Waals surface area contributed by atoms with Crippen molar-refractivity contribution in [3.05, 3.63) is 59.5 Å². The number of H-pyrrole nitrogens is 1. The molecule has 14 heteroatoms. The average Bonchev–Trinajstić information content (AvgIpc) is 3.86. The van der Waals surface area contributed by atoms with E-state index < -0.39 is 16.5 Å². The van der Waals surface area contributed by atoms with Crippen molar-refractivity contribution in [3.8, 4) is 18.9 Å². The van der Waals surface area contributed by atoms with Crippen molar-refractivity contribution in [3.63, 3.8) is 0 Å². The SMILES string of the molecule is C#C.C=CC1CC1(NC(=O)[C@@H]1CCCN1)C(=O)NS(=O)C1CC1.Nc1ccccc1N(N)Oc1nccc(=O)[nH]1. The monoisotopic (exact) mass is 570 g/mol. The van der Waals surface area contributed by atoms with Crippen molar-refractivity contribution in [2.75, 3.05) is 17.5 Å². The molecule has 5 rings (SSSR count). The van der Waals surface area contributed by atoms with E-state index in [1.165, 1.54) is 12.3 Å². The van der Waals surface area contributed by atoms with Gasteiger partial charge in [-0.25, -0.2) is 15.0 Å². The molecule has 214 valence electrons. The van der Waals surface area contributed by atoms with Crippen LogP contribution in [0.3, 0.4) is 0 Å². The Morgan fingerprint density at radius 2 is 1.98 bits per heavy atom. The maximum Gasteiger partial charge on any atom is 0.325 e. The number of aromatic amines is 1. The van der Waals surface area contributed by atoms with Gasteiger partial charge in [-0.3, -0.25) is 24.1 Å². The average molecular weight is 571 g/mol. The Kier molecular flexibility index (Phi) is 10.4. The number of carbonyl (C=O) groups is 2. The molecule has 1 aromatic carbocycles. The summed E-state index contributed by atoms with van der Waals surface area (Å²) in [7, 11) is -1.33. The highest BCUT2D eigenvalue weighted by atomic mass is 32.2. The second-order valence-electron chi connectivity index (χ2n) is 9.30. The number of amides is 2. The van der Waals surface area contributed by atoms with Gasteiger partial charge in [-0.15, -0.1) is 24.6 Å². The highest BCUT2D eigenvalue weighted by molar-refractivity contribution is 7.84. The van der Waals surface area contributed by atoms with E-state index in [0.717, 1.165) is 37.4 Å². The van der Waals surface area contributed by atoms with Gasteiger partial charge in [-0.2, -0.15) is 0 Å². The zero-order valence-corrected chi connectivity index (χ0v) is 22.7. The number of benzene rings is 1. The van der Waals surface area contributed by atoms with E-state index in [1.807, 2.05) is 0 Å². The molecule has 3 fully saturated rings. The lowest BCUT2D eigenvalue weighted by atomic mass is 10.1. The standard InChI is InChI=1S/C14H21N3O3S.C10H11N5O2.C2H2/c1-2-9-8-14(9,13(19)17-21(20)10-5-6-10)16-12(18)11-4-3-7-15-11;11-7-3-1-2-4-8(7)15(12)17-10-13-6-5-9(16)14-10;1-2/h2,9-11,15H,1,3-8H2,(H,16,18)(H,17,19);1-6H,11-12H2,(H,13,14,16);1-2H/t9?,11-,14?,21?;;/m0../s1. The van der Waals surface area contributed by atoms with Crippen molar-refractivity contribution in [2.45, 2.75) is 48.9 Å². The quantitative estimate of drug-likeness (QED) is 0.0785. The number of hydrogen-bond donors (Lipinski definition) is 6. The molecule has 2 saturated carbocycles. The first-order valence-electron chi connectivity index (χ1n) is 12.6. The third-order valence-electron chi connectivity index (χ3n) is 6.45. The molecule has 0 bridgehead atoms. The minimum Gasteiger partial charge on any atom is -0.397 e. The number of anilines is 2. The molecule has 3 aliphatic rings. The number of para-hydroxylation sites is 2. The number of carbonyl (C=O) groups excluding carboxylic acids is 2. The second-order valence-corrected chi connectivity index (χ2v) is 10.8. The first-order valence-corrected chi connectivity index (χ1v) is 13.8. The van der Waals surface area contributed by atoms with E-state index in [1.54, 1.807) is 30.3 Å². The fourth-order valence-corrected chi connectivity index (χ4v) is 5.12. The van der Waals surface area contributed by atoms with Crippen LogP contribution < -0.4 is 42.5 Å². The number of nitrogens with one attached hydrogen (secondary N) is 4. The van der Waals surface area contributed by atoms with Gasteiger partial charge in [0.25, 0.3) is 11.5 Å². The van der Waals surface area contributed by atoms with Gasteiger partial charge < -0.3 is 21.2 Å². The van der Waals surface area contributed by atoms with Gasteiger partial charge in [0.1, 0.15) is 22.2 Å². The third-order valence-corrected chi connectivity index (χ3v) is 7.92. The molecule has 3 unspecified atom stereocenters. The molecule has 2 heterocycles. The third kappa shape index (κ3) is 7.69. The molecule has 4 atom stereocenters. The summed E-state index contributed by atoms with van der Waals surface area (Å²) in [6.07, 6.45) is 15.1. The molecular weight excluding hydrogens is 536 g/mol. The van der Waals surface area contributed by atoms with Gasteiger partial charge in [0, 0.05) is 18.2 Å². The lowest BCUT2D eigenvalue weighted by Gasteiger charge is -2.20. The summed E-state index contributed by atoms with van der Waals surface area (Å²) in [5.74, 6) is 5.07.